The average molecular weight is 432 g/mol. The predicted octanol–water partition coefficient (Wildman–Crippen LogP) is 3.22. The Kier molecular flexibility index (Phi) is 6.17. The number of carbonyl (C=O) groups is 1. The van der Waals surface area contributed by atoms with E-state index in [1.54, 1.807) is 6.20 Å². The molecule has 0 unspecified atom stereocenters. The molecule has 1 aliphatic heterocycles. The summed E-state index contributed by atoms with van der Waals surface area (Å²) in [6.45, 7) is 6.92. The fourth-order valence-electron chi connectivity index (χ4n) is 4.79. The highest BCUT2D eigenvalue weighted by molar-refractivity contribution is 6.25. The summed E-state index contributed by atoms with van der Waals surface area (Å²) in [6, 6.07) is 13.5. The zero-order valence-corrected chi connectivity index (χ0v) is 18.3. The summed E-state index contributed by atoms with van der Waals surface area (Å²) >= 11 is 0. The van der Waals surface area contributed by atoms with E-state index >= 15 is 0 Å². The summed E-state index contributed by atoms with van der Waals surface area (Å²) in [5.74, 6) is 0.784. The third-order valence-electron chi connectivity index (χ3n) is 6.53. The molecular weight excluding hydrogens is 402 g/mol. The van der Waals surface area contributed by atoms with Gasteiger partial charge in [-0.15, -0.1) is 0 Å². The lowest BCUT2D eigenvalue weighted by Crippen LogP contribution is -2.47. The van der Waals surface area contributed by atoms with Crippen LogP contribution in [0.5, 0.6) is 5.75 Å². The summed E-state index contributed by atoms with van der Waals surface area (Å²) in [5.41, 5.74) is 3.16. The minimum Gasteiger partial charge on any atom is -0.494 e. The Morgan fingerprint density at radius 3 is 2.44 bits per heavy atom. The second-order valence-electron chi connectivity index (χ2n) is 8.57. The van der Waals surface area contributed by atoms with Crippen LogP contribution in [0.4, 0.5) is 0 Å². The Balaban J connectivity index is 1.21. The van der Waals surface area contributed by atoms with E-state index in [1.165, 1.54) is 0 Å². The molecule has 5 rings (SSSR count). The van der Waals surface area contributed by atoms with Crippen molar-refractivity contribution in [3.05, 3.63) is 59.8 Å². The normalized spacial score (nSPS) is 16.3. The third kappa shape index (κ3) is 4.13. The van der Waals surface area contributed by atoms with Crippen LogP contribution < -0.4 is 4.74 Å². The van der Waals surface area contributed by atoms with E-state index in [0.717, 1.165) is 79.9 Å². The third-order valence-corrected chi connectivity index (χ3v) is 6.53. The molecule has 0 bridgehead atoms. The second-order valence-corrected chi connectivity index (χ2v) is 8.57. The van der Waals surface area contributed by atoms with Crippen molar-refractivity contribution in [3.8, 4) is 17.0 Å². The van der Waals surface area contributed by atoms with E-state index in [0.29, 0.717) is 17.7 Å². The number of benzene rings is 2. The molecule has 0 saturated carbocycles. The SMILES string of the molecule is O=C1c2ccccc2-c2nccc3cc(OCCCCN4CCN(CCO)CC4)cc1c23. The standard InChI is InChI=1S/C26H29N3O3/c30-15-14-29-12-10-28(11-13-29)9-3-4-16-32-20-17-19-7-8-27-25-21-5-1-2-6-22(21)26(31)23(18-20)24(19)25/h1-2,5-8,17-18,30H,3-4,9-16H2. The van der Waals surface area contributed by atoms with E-state index in [4.69, 9.17) is 9.84 Å². The molecule has 1 N–H and O–H groups in total. The summed E-state index contributed by atoms with van der Waals surface area (Å²) in [4.78, 5) is 22.5. The van der Waals surface area contributed by atoms with Crippen LogP contribution in [0.2, 0.25) is 0 Å². The number of β-amino-alcohol motifs (C(OH)–C–C–N with tert-alkyl or cyclic N) is 1. The van der Waals surface area contributed by atoms with E-state index in [2.05, 4.69) is 14.8 Å². The highest BCUT2D eigenvalue weighted by Gasteiger charge is 2.26. The van der Waals surface area contributed by atoms with Crippen molar-refractivity contribution in [2.75, 3.05) is 52.5 Å². The number of rotatable bonds is 8. The molecule has 32 heavy (non-hydrogen) atoms. The molecule has 1 saturated heterocycles. The number of pyridine rings is 1. The van der Waals surface area contributed by atoms with Crippen molar-refractivity contribution in [1.29, 1.82) is 0 Å². The van der Waals surface area contributed by atoms with Crippen LogP contribution in [0.3, 0.4) is 0 Å². The smallest absolute Gasteiger partial charge is 0.194 e. The molecule has 6 heteroatoms. The zero-order chi connectivity index (χ0) is 21.9. The van der Waals surface area contributed by atoms with Gasteiger partial charge in [-0.1, -0.05) is 24.3 Å². The molecule has 1 aromatic heterocycles. The number of ether oxygens (including phenoxy) is 1. The van der Waals surface area contributed by atoms with Crippen LogP contribution >= 0.6 is 0 Å². The number of hydrogen-bond acceptors (Lipinski definition) is 6. The van der Waals surface area contributed by atoms with Gasteiger partial charge < -0.3 is 14.7 Å². The van der Waals surface area contributed by atoms with Crippen LogP contribution in [0.15, 0.2) is 48.7 Å². The highest BCUT2D eigenvalue weighted by Crippen LogP contribution is 2.39. The van der Waals surface area contributed by atoms with Gasteiger partial charge in [-0.2, -0.15) is 0 Å². The van der Waals surface area contributed by atoms with Gasteiger partial charge in [-0.25, -0.2) is 0 Å². The number of piperazine rings is 1. The molecule has 0 spiro atoms. The largest absolute Gasteiger partial charge is 0.494 e. The van der Waals surface area contributed by atoms with Crippen molar-refractivity contribution in [1.82, 2.24) is 14.8 Å². The lowest BCUT2D eigenvalue weighted by atomic mass is 9.85. The first-order valence-electron chi connectivity index (χ1n) is 11.5. The zero-order valence-electron chi connectivity index (χ0n) is 18.3. The number of fused-ring (bicyclic) bond motifs is 2. The maximum absolute atomic E-state index is 13.2. The number of aliphatic hydroxyl groups excluding tert-OH is 1. The van der Waals surface area contributed by atoms with Crippen molar-refractivity contribution >= 4 is 16.6 Å². The highest BCUT2D eigenvalue weighted by atomic mass is 16.5. The van der Waals surface area contributed by atoms with Crippen LogP contribution in [-0.2, 0) is 0 Å². The van der Waals surface area contributed by atoms with Crippen LogP contribution in [-0.4, -0.2) is 78.2 Å². The van der Waals surface area contributed by atoms with E-state index in [9.17, 15) is 4.79 Å². The summed E-state index contributed by atoms with van der Waals surface area (Å²) in [5, 5.41) is 11.0. The summed E-state index contributed by atoms with van der Waals surface area (Å²) < 4.78 is 6.07. The molecule has 166 valence electrons. The van der Waals surface area contributed by atoms with Gasteiger partial charge in [0.1, 0.15) is 5.75 Å². The van der Waals surface area contributed by atoms with Crippen LogP contribution in [0.25, 0.3) is 22.0 Å². The minimum absolute atomic E-state index is 0.0388. The Bertz CT molecular complexity index is 1120. The first kappa shape index (κ1) is 21.1. The molecule has 0 atom stereocenters. The molecule has 6 nitrogen and oxygen atoms in total. The number of aromatic nitrogens is 1. The van der Waals surface area contributed by atoms with Crippen LogP contribution in [0, 0.1) is 0 Å². The van der Waals surface area contributed by atoms with Crippen LogP contribution in [0.1, 0.15) is 28.8 Å². The van der Waals surface area contributed by atoms with Gasteiger partial charge in [-0.05, 0) is 43.0 Å². The van der Waals surface area contributed by atoms with Gasteiger partial charge in [-0.3, -0.25) is 14.7 Å². The van der Waals surface area contributed by atoms with Gasteiger partial charge >= 0.3 is 0 Å². The van der Waals surface area contributed by atoms with Crippen molar-refractivity contribution in [3.63, 3.8) is 0 Å². The molecule has 0 radical (unpaired) electrons. The van der Waals surface area contributed by atoms with Crippen molar-refractivity contribution < 1.29 is 14.6 Å². The molecule has 2 heterocycles. The number of aliphatic hydroxyl groups is 1. The van der Waals surface area contributed by atoms with Gasteiger partial charge in [0.2, 0.25) is 0 Å². The maximum atomic E-state index is 13.2. The second kappa shape index (κ2) is 9.36. The van der Waals surface area contributed by atoms with Gasteiger partial charge in [0.15, 0.2) is 5.78 Å². The Morgan fingerprint density at radius 1 is 0.906 bits per heavy atom. The van der Waals surface area contributed by atoms with Crippen molar-refractivity contribution in [2.45, 2.75) is 12.8 Å². The van der Waals surface area contributed by atoms with Crippen molar-refractivity contribution in [2.24, 2.45) is 0 Å². The number of hydrogen-bond donors (Lipinski definition) is 1. The van der Waals surface area contributed by atoms with Gasteiger partial charge in [0.05, 0.1) is 18.9 Å². The fourth-order valence-corrected chi connectivity index (χ4v) is 4.79. The van der Waals surface area contributed by atoms with Gasteiger partial charge in [0, 0.05) is 61.0 Å². The summed E-state index contributed by atoms with van der Waals surface area (Å²) in [7, 11) is 0. The molecule has 2 aromatic carbocycles. The lowest BCUT2D eigenvalue weighted by molar-refractivity contribution is 0.103. The average Bonchev–Trinajstić information content (AvgIpc) is 2.83. The predicted molar refractivity (Wildman–Crippen MR) is 125 cm³/mol. The molecule has 3 aromatic rings. The monoisotopic (exact) mass is 431 g/mol. The molecule has 2 aliphatic rings. The molecular formula is C26H29N3O3. The molecule has 0 amide bonds. The number of nitrogens with zero attached hydrogens (tertiary/aromatic N) is 3. The Morgan fingerprint density at radius 2 is 1.66 bits per heavy atom. The number of ketones is 1. The Labute approximate surface area is 188 Å². The van der Waals surface area contributed by atoms with E-state index in [-0.39, 0.29) is 12.4 Å². The topological polar surface area (TPSA) is 65.9 Å². The van der Waals surface area contributed by atoms with E-state index < -0.39 is 0 Å². The molecule has 1 fully saturated rings. The number of carbonyl (C=O) groups excluding carboxylic acids is 1. The quantitative estimate of drug-likeness (QED) is 0.432. The maximum Gasteiger partial charge on any atom is 0.194 e. The van der Waals surface area contributed by atoms with E-state index in [1.807, 2.05) is 42.5 Å². The first-order valence-corrected chi connectivity index (χ1v) is 11.5. The summed E-state index contributed by atoms with van der Waals surface area (Å²) in [6.07, 6.45) is 3.86. The first-order chi connectivity index (χ1) is 15.7. The minimum atomic E-state index is 0.0388. The molecule has 1 aliphatic carbocycles. The lowest BCUT2D eigenvalue weighted by Gasteiger charge is -2.34. The number of unbranched alkanes of at least 4 members (excludes halogenated alkanes) is 1. The Hall–Kier alpha value is -2.80. The van der Waals surface area contributed by atoms with Gasteiger partial charge in [0.25, 0.3) is 0 Å². The fraction of sp³-hybridized carbons (Fsp3) is 0.385.